The van der Waals surface area contributed by atoms with Crippen LogP contribution >= 0.6 is 0 Å². The molecule has 1 aromatic rings. The fraction of sp³-hybridized carbons (Fsp3) is 0.556. The van der Waals surface area contributed by atoms with Gasteiger partial charge in [-0.05, 0) is 18.9 Å². The van der Waals surface area contributed by atoms with Crippen LogP contribution in [0.4, 0.5) is 11.8 Å². The van der Waals surface area contributed by atoms with Crippen molar-refractivity contribution < 1.29 is 5.11 Å². The van der Waals surface area contributed by atoms with Crippen LogP contribution in [-0.4, -0.2) is 34.3 Å². The van der Waals surface area contributed by atoms with E-state index in [9.17, 15) is 5.11 Å². The lowest BCUT2D eigenvalue weighted by atomic mass is 10.1. The fourth-order valence-electron chi connectivity index (χ4n) is 1.58. The van der Waals surface area contributed by atoms with E-state index in [1.807, 2.05) is 4.90 Å². The van der Waals surface area contributed by atoms with Crippen molar-refractivity contribution in [1.82, 2.24) is 9.97 Å². The predicted molar refractivity (Wildman–Crippen MR) is 53.9 cm³/mol. The molecule has 0 amide bonds. The number of piperidine rings is 1. The molecular formula is C9H14N4O. The number of nitrogens with two attached hydrogens (primary N) is 1. The molecule has 3 N–H and O–H groups in total. The third kappa shape index (κ3) is 1.93. The first kappa shape index (κ1) is 9.21. The molecule has 0 aromatic carbocycles. The molecule has 5 heteroatoms. The monoisotopic (exact) mass is 194 g/mol. The molecule has 1 saturated heterocycles. The van der Waals surface area contributed by atoms with Crippen LogP contribution in [0.1, 0.15) is 12.8 Å². The van der Waals surface area contributed by atoms with E-state index in [0.717, 1.165) is 25.9 Å². The highest BCUT2D eigenvalue weighted by molar-refractivity contribution is 5.37. The Kier molecular flexibility index (Phi) is 2.49. The largest absolute Gasteiger partial charge is 0.393 e. The first-order valence-electron chi connectivity index (χ1n) is 4.77. The zero-order valence-electron chi connectivity index (χ0n) is 7.93. The maximum Gasteiger partial charge on any atom is 0.227 e. The van der Waals surface area contributed by atoms with E-state index in [1.165, 1.54) is 0 Å². The van der Waals surface area contributed by atoms with Crippen molar-refractivity contribution >= 4 is 11.8 Å². The summed E-state index contributed by atoms with van der Waals surface area (Å²) in [7, 11) is 0. The fourth-order valence-corrected chi connectivity index (χ4v) is 1.58. The summed E-state index contributed by atoms with van der Waals surface area (Å²) in [6.45, 7) is 1.59. The number of anilines is 2. The van der Waals surface area contributed by atoms with Gasteiger partial charge in [0.15, 0.2) is 0 Å². The topological polar surface area (TPSA) is 75.3 Å². The van der Waals surface area contributed by atoms with Gasteiger partial charge >= 0.3 is 0 Å². The molecule has 2 heterocycles. The molecular weight excluding hydrogens is 180 g/mol. The Morgan fingerprint density at radius 2 is 2.14 bits per heavy atom. The molecule has 2 rings (SSSR count). The van der Waals surface area contributed by atoms with E-state index in [-0.39, 0.29) is 6.10 Å². The molecule has 1 fully saturated rings. The zero-order valence-corrected chi connectivity index (χ0v) is 7.93. The van der Waals surface area contributed by atoms with Crippen molar-refractivity contribution in [3.8, 4) is 0 Å². The normalized spacial score (nSPS) is 18.5. The van der Waals surface area contributed by atoms with E-state index in [2.05, 4.69) is 9.97 Å². The van der Waals surface area contributed by atoms with Crippen LogP contribution in [0.15, 0.2) is 12.3 Å². The summed E-state index contributed by atoms with van der Waals surface area (Å²) in [6.07, 6.45) is 3.03. The van der Waals surface area contributed by atoms with Crippen molar-refractivity contribution in [3.05, 3.63) is 12.3 Å². The minimum atomic E-state index is -0.174. The molecule has 0 bridgehead atoms. The highest BCUT2D eigenvalue weighted by Gasteiger charge is 2.18. The SMILES string of the molecule is Nc1ccnc(N2CCC(O)CC2)n1. The van der Waals surface area contributed by atoms with Crippen LogP contribution in [-0.2, 0) is 0 Å². The Bertz CT molecular complexity index is 309. The minimum Gasteiger partial charge on any atom is -0.393 e. The summed E-state index contributed by atoms with van der Waals surface area (Å²) in [6, 6.07) is 1.67. The van der Waals surface area contributed by atoms with Crippen LogP contribution in [0, 0.1) is 0 Å². The van der Waals surface area contributed by atoms with Gasteiger partial charge in [0.25, 0.3) is 0 Å². The lowest BCUT2D eigenvalue weighted by Crippen LogP contribution is -2.36. The Hall–Kier alpha value is -1.36. The molecule has 0 atom stereocenters. The lowest BCUT2D eigenvalue weighted by molar-refractivity contribution is 0.145. The number of hydrogen-bond donors (Lipinski definition) is 2. The van der Waals surface area contributed by atoms with Crippen molar-refractivity contribution in [2.45, 2.75) is 18.9 Å². The van der Waals surface area contributed by atoms with Gasteiger partial charge in [-0.25, -0.2) is 4.98 Å². The van der Waals surface area contributed by atoms with Crippen molar-refractivity contribution in [1.29, 1.82) is 0 Å². The Morgan fingerprint density at radius 1 is 1.43 bits per heavy atom. The average Bonchev–Trinajstić information content (AvgIpc) is 2.19. The van der Waals surface area contributed by atoms with Gasteiger partial charge in [0.1, 0.15) is 5.82 Å². The summed E-state index contributed by atoms with van der Waals surface area (Å²) in [5, 5.41) is 9.34. The first-order valence-corrected chi connectivity index (χ1v) is 4.77. The van der Waals surface area contributed by atoms with Crippen molar-refractivity contribution in [3.63, 3.8) is 0 Å². The highest BCUT2D eigenvalue weighted by Crippen LogP contribution is 2.16. The molecule has 0 spiro atoms. The number of hydrogen-bond acceptors (Lipinski definition) is 5. The second-order valence-corrected chi connectivity index (χ2v) is 3.50. The Balaban J connectivity index is 2.08. The number of nitrogens with zero attached hydrogens (tertiary/aromatic N) is 3. The van der Waals surface area contributed by atoms with Crippen molar-refractivity contribution in [2.75, 3.05) is 23.7 Å². The number of rotatable bonds is 1. The summed E-state index contributed by atoms with van der Waals surface area (Å²) in [5.41, 5.74) is 5.57. The molecule has 14 heavy (non-hydrogen) atoms. The molecule has 0 radical (unpaired) electrons. The van der Waals surface area contributed by atoms with Gasteiger partial charge in [0.05, 0.1) is 6.10 Å². The smallest absolute Gasteiger partial charge is 0.227 e. The number of aromatic nitrogens is 2. The summed E-state index contributed by atoms with van der Waals surface area (Å²) < 4.78 is 0. The van der Waals surface area contributed by atoms with Crippen LogP contribution in [0.5, 0.6) is 0 Å². The Labute approximate surface area is 82.6 Å². The number of aliphatic hydroxyl groups is 1. The van der Waals surface area contributed by atoms with Crippen LogP contribution in [0.3, 0.4) is 0 Å². The first-order chi connectivity index (χ1) is 6.75. The van der Waals surface area contributed by atoms with Gasteiger partial charge in [0, 0.05) is 19.3 Å². The number of aliphatic hydroxyl groups excluding tert-OH is 1. The van der Waals surface area contributed by atoms with Gasteiger partial charge < -0.3 is 15.7 Å². The van der Waals surface area contributed by atoms with E-state index >= 15 is 0 Å². The molecule has 1 aliphatic heterocycles. The maximum atomic E-state index is 9.34. The zero-order chi connectivity index (χ0) is 9.97. The average molecular weight is 194 g/mol. The minimum absolute atomic E-state index is 0.174. The van der Waals surface area contributed by atoms with Crippen molar-refractivity contribution in [2.24, 2.45) is 0 Å². The predicted octanol–water partition coefficient (Wildman–Crippen LogP) is 0.0199. The molecule has 5 nitrogen and oxygen atoms in total. The summed E-state index contributed by atoms with van der Waals surface area (Å²) in [4.78, 5) is 10.3. The molecule has 0 unspecified atom stereocenters. The molecule has 0 saturated carbocycles. The van der Waals surface area contributed by atoms with Gasteiger partial charge in [0.2, 0.25) is 5.95 Å². The van der Waals surface area contributed by atoms with Gasteiger partial charge in [-0.15, -0.1) is 0 Å². The van der Waals surface area contributed by atoms with Crippen LogP contribution in [0.25, 0.3) is 0 Å². The van der Waals surface area contributed by atoms with E-state index in [4.69, 9.17) is 5.73 Å². The lowest BCUT2D eigenvalue weighted by Gasteiger charge is -2.29. The molecule has 1 aliphatic rings. The Morgan fingerprint density at radius 3 is 2.79 bits per heavy atom. The second-order valence-electron chi connectivity index (χ2n) is 3.50. The molecule has 1 aromatic heterocycles. The summed E-state index contributed by atoms with van der Waals surface area (Å²) >= 11 is 0. The van der Waals surface area contributed by atoms with Gasteiger partial charge in [-0.1, -0.05) is 0 Å². The third-order valence-electron chi connectivity index (χ3n) is 2.41. The van der Waals surface area contributed by atoms with Gasteiger partial charge in [-0.3, -0.25) is 0 Å². The summed E-state index contributed by atoms with van der Waals surface area (Å²) in [5.74, 6) is 1.15. The maximum absolute atomic E-state index is 9.34. The number of nitrogen functional groups attached to an aromatic ring is 1. The van der Waals surface area contributed by atoms with E-state index in [0.29, 0.717) is 11.8 Å². The molecule has 0 aliphatic carbocycles. The standard InChI is InChI=1S/C9H14N4O/c10-8-1-4-11-9(12-8)13-5-2-7(14)3-6-13/h1,4,7,14H,2-3,5-6H2,(H2,10,11,12). The van der Waals surface area contributed by atoms with E-state index < -0.39 is 0 Å². The molecule has 76 valence electrons. The second kappa shape index (κ2) is 3.79. The van der Waals surface area contributed by atoms with Gasteiger partial charge in [-0.2, -0.15) is 4.98 Å². The van der Waals surface area contributed by atoms with Crippen LogP contribution in [0.2, 0.25) is 0 Å². The van der Waals surface area contributed by atoms with Crippen LogP contribution < -0.4 is 10.6 Å². The quantitative estimate of drug-likeness (QED) is 0.659. The third-order valence-corrected chi connectivity index (χ3v) is 2.41. The van der Waals surface area contributed by atoms with E-state index in [1.54, 1.807) is 12.3 Å². The highest BCUT2D eigenvalue weighted by atomic mass is 16.3.